The second kappa shape index (κ2) is 7.64. The molecule has 0 amide bonds. The lowest BCUT2D eigenvalue weighted by Crippen LogP contribution is -2.38. The first-order valence-electron chi connectivity index (χ1n) is 7.61. The summed E-state index contributed by atoms with van der Waals surface area (Å²) in [5.41, 5.74) is 2.14. The lowest BCUT2D eigenvalue weighted by atomic mass is 10.2. The van der Waals surface area contributed by atoms with Crippen LogP contribution in [0.4, 0.5) is 0 Å². The van der Waals surface area contributed by atoms with Crippen molar-refractivity contribution in [1.29, 1.82) is 0 Å². The zero-order chi connectivity index (χ0) is 15.9. The van der Waals surface area contributed by atoms with Gasteiger partial charge in [0, 0.05) is 12.7 Å². The highest BCUT2D eigenvalue weighted by Gasteiger charge is 2.11. The molecule has 0 aromatic carbocycles. The molecule has 2 N–H and O–H groups in total. The van der Waals surface area contributed by atoms with E-state index in [9.17, 15) is 0 Å². The number of nitrogens with one attached hydrogen (secondary N) is 2. The van der Waals surface area contributed by atoms with E-state index in [0.29, 0.717) is 6.54 Å². The van der Waals surface area contributed by atoms with Crippen molar-refractivity contribution >= 4 is 5.96 Å². The lowest BCUT2D eigenvalue weighted by Gasteiger charge is -2.16. The Balaban J connectivity index is 2.05. The van der Waals surface area contributed by atoms with Gasteiger partial charge < -0.3 is 15.1 Å². The van der Waals surface area contributed by atoms with Crippen LogP contribution in [0, 0.1) is 13.8 Å². The van der Waals surface area contributed by atoms with Gasteiger partial charge in [-0.3, -0.25) is 4.98 Å². The Morgan fingerprint density at radius 2 is 2.14 bits per heavy atom. The SMILES string of the molecule is CCNC(=NCc1ncccc1C)NC(C)c1ccc(C)o1. The van der Waals surface area contributed by atoms with Crippen LogP contribution in [0.5, 0.6) is 0 Å². The van der Waals surface area contributed by atoms with Crippen molar-refractivity contribution in [3.8, 4) is 0 Å². The third-order valence-corrected chi connectivity index (χ3v) is 3.39. The van der Waals surface area contributed by atoms with Gasteiger partial charge in [-0.25, -0.2) is 4.99 Å². The van der Waals surface area contributed by atoms with E-state index in [-0.39, 0.29) is 6.04 Å². The Hall–Kier alpha value is -2.30. The molecule has 0 radical (unpaired) electrons. The van der Waals surface area contributed by atoms with Gasteiger partial charge in [0.15, 0.2) is 5.96 Å². The molecule has 0 spiro atoms. The largest absolute Gasteiger partial charge is 0.464 e. The maximum Gasteiger partial charge on any atom is 0.192 e. The van der Waals surface area contributed by atoms with Crippen LogP contribution in [0.15, 0.2) is 39.9 Å². The van der Waals surface area contributed by atoms with Gasteiger partial charge in [0.2, 0.25) is 0 Å². The van der Waals surface area contributed by atoms with Crippen LogP contribution in [-0.2, 0) is 6.54 Å². The van der Waals surface area contributed by atoms with Crippen molar-refractivity contribution in [3.63, 3.8) is 0 Å². The van der Waals surface area contributed by atoms with Crippen LogP contribution < -0.4 is 10.6 Å². The minimum Gasteiger partial charge on any atom is -0.464 e. The first-order valence-corrected chi connectivity index (χ1v) is 7.61. The molecular weight excluding hydrogens is 276 g/mol. The molecule has 0 aliphatic carbocycles. The van der Waals surface area contributed by atoms with Crippen LogP contribution in [0.3, 0.4) is 0 Å². The molecule has 1 atom stereocenters. The number of furan rings is 1. The Morgan fingerprint density at radius 3 is 2.77 bits per heavy atom. The number of guanidine groups is 1. The van der Waals surface area contributed by atoms with Crippen LogP contribution in [0.25, 0.3) is 0 Å². The molecule has 2 aromatic heterocycles. The maximum absolute atomic E-state index is 5.65. The first kappa shape index (κ1) is 16.1. The molecule has 5 nitrogen and oxygen atoms in total. The summed E-state index contributed by atoms with van der Waals surface area (Å²) >= 11 is 0. The predicted octanol–water partition coefficient (Wildman–Crippen LogP) is 3.11. The van der Waals surface area contributed by atoms with E-state index in [0.717, 1.165) is 35.3 Å². The van der Waals surface area contributed by atoms with Crippen molar-refractivity contribution in [2.45, 2.75) is 40.3 Å². The van der Waals surface area contributed by atoms with Crippen LogP contribution >= 0.6 is 0 Å². The zero-order valence-corrected chi connectivity index (χ0v) is 13.7. The first-order chi connectivity index (χ1) is 10.6. The zero-order valence-electron chi connectivity index (χ0n) is 13.7. The second-order valence-electron chi connectivity index (χ2n) is 5.28. The number of hydrogen-bond acceptors (Lipinski definition) is 3. The fourth-order valence-electron chi connectivity index (χ4n) is 2.12. The monoisotopic (exact) mass is 300 g/mol. The highest BCUT2D eigenvalue weighted by Crippen LogP contribution is 2.15. The summed E-state index contributed by atoms with van der Waals surface area (Å²) in [6, 6.07) is 7.99. The molecule has 0 aliphatic rings. The summed E-state index contributed by atoms with van der Waals surface area (Å²) in [4.78, 5) is 8.98. The minimum atomic E-state index is 0.0522. The fraction of sp³-hybridized carbons (Fsp3) is 0.412. The van der Waals surface area contributed by atoms with Crippen LogP contribution in [0.1, 0.15) is 42.7 Å². The molecule has 2 rings (SSSR count). The quantitative estimate of drug-likeness (QED) is 0.658. The number of rotatable bonds is 5. The van der Waals surface area contributed by atoms with Crippen molar-refractivity contribution in [2.75, 3.05) is 6.54 Å². The van der Waals surface area contributed by atoms with E-state index >= 15 is 0 Å². The number of aryl methyl sites for hydroxylation is 2. The third-order valence-electron chi connectivity index (χ3n) is 3.39. The number of hydrogen-bond donors (Lipinski definition) is 2. The summed E-state index contributed by atoms with van der Waals surface area (Å²) in [5.74, 6) is 2.57. The average molecular weight is 300 g/mol. The summed E-state index contributed by atoms with van der Waals surface area (Å²) in [7, 11) is 0. The van der Waals surface area contributed by atoms with Crippen molar-refractivity contribution in [2.24, 2.45) is 4.99 Å². The maximum atomic E-state index is 5.65. The summed E-state index contributed by atoms with van der Waals surface area (Å²) in [6.45, 7) is 9.44. The van der Waals surface area contributed by atoms with Gasteiger partial charge in [0.1, 0.15) is 11.5 Å². The molecule has 0 fully saturated rings. The van der Waals surface area contributed by atoms with Gasteiger partial charge in [-0.15, -0.1) is 0 Å². The molecule has 2 heterocycles. The highest BCUT2D eigenvalue weighted by molar-refractivity contribution is 5.80. The van der Waals surface area contributed by atoms with Gasteiger partial charge in [-0.1, -0.05) is 6.07 Å². The molecule has 0 bridgehead atoms. The number of aliphatic imine (C=N–C) groups is 1. The molecule has 2 aromatic rings. The fourth-order valence-corrected chi connectivity index (χ4v) is 2.12. The predicted molar refractivity (Wildman–Crippen MR) is 88.8 cm³/mol. The number of aromatic nitrogens is 1. The third kappa shape index (κ3) is 4.35. The van der Waals surface area contributed by atoms with Crippen LogP contribution in [-0.4, -0.2) is 17.5 Å². The summed E-state index contributed by atoms with van der Waals surface area (Å²) in [6.07, 6.45) is 1.80. The highest BCUT2D eigenvalue weighted by atomic mass is 16.3. The topological polar surface area (TPSA) is 62.5 Å². The van der Waals surface area contributed by atoms with Gasteiger partial charge in [0.25, 0.3) is 0 Å². The standard InChI is InChI=1S/C17H24N4O/c1-5-18-17(20-11-15-12(2)7-6-10-19-15)21-14(4)16-9-8-13(3)22-16/h6-10,14H,5,11H2,1-4H3,(H2,18,20,21). The second-order valence-corrected chi connectivity index (χ2v) is 5.28. The molecule has 0 saturated carbocycles. The summed E-state index contributed by atoms with van der Waals surface area (Å²) < 4.78 is 5.65. The Morgan fingerprint density at radius 1 is 1.32 bits per heavy atom. The Labute approximate surface area is 131 Å². The molecule has 1 unspecified atom stereocenters. The molecule has 118 valence electrons. The lowest BCUT2D eigenvalue weighted by molar-refractivity contribution is 0.441. The van der Waals surface area contributed by atoms with E-state index in [4.69, 9.17) is 4.42 Å². The number of nitrogens with zero attached hydrogens (tertiary/aromatic N) is 2. The molecule has 5 heteroatoms. The van der Waals surface area contributed by atoms with Crippen LogP contribution in [0.2, 0.25) is 0 Å². The van der Waals surface area contributed by atoms with Crippen molar-refractivity contribution in [3.05, 3.63) is 53.2 Å². The van der Waals surface area contributed by atoms with Gasteiger partial charge in [-0.05, 0) is 51.5 Å². The van der Waals surface area contributed by atoms with Gasteiger partial charge >= 0.3 is 0 Å². The smallest absolute Gasteiger partial charge is 0.192 e. The van der Waals surface area contributed by atoms with Gasteiger partial charge in [-0.2, -0.15) is 0 Å². The molecule has 0 saturated heterocycles. The average Bonchev–Trinajstić information content (AvgIpc) is 2.93. The van der Waals surface area contributed by atoms with E-state index in [2.05, 4.69) is 27.5 Å². The Bertz CT molecular complexity index is 633. The van der Waals surface area contributed by atoms with E-state index in [1.54, 1.807) is 6.20 Å². The van der Waals surface area contributed by atoms with E-state index in [1.165, 1.54) is 0 Å². The van der Waals surface area contributed by atoms with E-state index in [1.807, 2.05) is 45.0 Å². The Kier molecular flexibility index (Phi) is 5.58. The van der Waals surface area contributed by atoms with Crippen molar-refractivity contribution in [1.82, 2.24) is 15.6 Å². The molecular formula is C17H24N4O. The summed E-state index contributed by atoms with van der Waals surface area (Å²) in [5, 5.41) is 6.60. The van der Waals surface area contributed by atoms with E-state index < -0.39 is 0 Å². The van der Waals surface area contributed by atoms with Crippen molar-refractivity contribution < 1.29 is 4.42 Å². The molecule has 22 heavy (non-hydrogen) atoms. The minimum absolute atomic E-state index is 0.0522. The normalized spacial score (nSPS) is 13.0. The molecule has 0 aliphatic heterocycles. The number of pyridine rings is 1. The van der Waals surface area contributed by atoms with Gasteiger partial charge in [0.05, 0.1) is 18.3 Å².